The van der Waals surface area contributed by atoms with Crippen molar-refractivity contribution in [2.45, 2.75) is 45.7 Å². The first-order chi connectivity index (χ1) is 24.1. The Morgan fingerprint density at radius 2 is 0.755 bits per heavy atom. The van der Waals surface area contributed by atoms with Crippen molar-refractivity contribution in [2.75, 3.05) is 52.9 Å². The van der Waals surface area contributed by atoms with Gasteiger partial charge in [-0.1, -0.05) is 62.4 Å². The van der Waals surface area contributed by atoms with Gasteiger partial charge < -0.3 is 37.9 Å². The third kappa shape index (κ3) is 12.1. The van der Waals surface area contributed by atoms with Crippen molar-refractivity contribution in [1.29, 1.82) is 0 Å². The molecular formula is C41H48O8. The summed E-state index contributed by atoms with van der Waals surface area (Å²) >= 11 is 0. The first-order valence-corrected chi connectivity index (χ1v) is 17.5. The normalized spacial score (nSPS) is 17.6. The monoisotopic (exact) mass is 668 g/mol. The maximum Gasteiger partial charge on any atom is 0.181 e. The van der Waals surface area contributed by atoms with Gasteiger partial charge in [0.05, 0.1) is 39.6 Å². The Kier molecular flexibility index (Phi) is 12.8. The van der Waals surface area contributed by atoms with Crippen molar-refractivity contribution in [3.8, 4) is 45.3 Å². The molecule has 4 unspecified atom stereocenters. The maximum absolute atomic E-state index is 5.98. The van der Waals surface area contributed by atoms with Crippen molar-refractivity contribution in [3.05, 3.63) is 97.1 Å². The first kappa shape index (κ1) is 34.8. The molecule has 0 aliphatic carbocycles. The fraction of sp³-hybridized carbons (Fsp3) is 0.415. The van der Waals surface area contributed by atoms with E-state index in [0.717, 1.165) is 64.5 Å². The number of benzene rings is 4. The van der Waals surface area contributed by atoms with Gasteiger partial charge in [-0.3, -0.25) is 0 Å². The lowest BCUT2D eigenvalue weighted by Gasteiger charge is -2.13. The largest absolute Gasteiger partial charge is 0.494 e. The molecule has 0 aromatic heterocycles. The summed E-state index contributed by atoms with van der Waals surface area (Å²) in [5.74, 6) is 4.10. The highest BCUT2D eigenvalue weighted by molar-refractivity contribution is 5.65. The summed E-state index contributed by atoms with van der Waals surface area (Å²) in [7, 11) is 0. The Morgan fingerprint density at radius 1 is 0.449 bits per heavy atom. The Bertz CT molecular complexity index is 1400. The minimum atomic E-state index is -0.00740. The number of unbranched alkanes of at least 4 members (excludes halogenated alkanes) is 2. The van der Waals surface area contributed by atoms with E-state index in [4.69, 9.17) is 37.9 Å². The van der Waals surface area contributed by atoms with Gasteiger partial charge in [-0.05, 0) is 90.0 Å². The van der Waals surface area contributed by atoms with E-state index in [1.807, 2.05) is 48.5 Å². The first-order valence-electron chi connectivity index (χ1n) is 17.5. The zero-order chi connectivity index (χ0) is 33.7. The summed E-state index contributed by atoms with van der Waals surface area (Å²) in [6.45, 7) is 9.52. The molecule has 49 heavy (non-hydrogen) atoms. The lowest BCUT2D eigenvalue weighted by molar-refractivity contribution is 0.0215. The number of epoxide rings is 2. The Hall–Kier alpha value is -4.08. The number of hydrogen-bond donors (Lipinski definition) is 0. The van der Waals surface area contributed by atoms with E-state index in [1.165, 1.54) is 0 Å². The maximum atomic E-state index is 5.98. The Balaban J connectivity index is 0.817. The topological polar surface area (TPSA) is 80.4 Å². The van der Waals surface area contributed by atoms with Crippen LogP contribution in [0.2, 0.25) is 0 Å². The van der Waals surface area contributed by atoms with Crippen LogP contribution in [0.5, 0.6) is 23.0 Å². The van der Waals surface area contributed by atoms with Crippen molar-refractivity contribution in [3.63, 3.8) is 0 Å². The fourth-order valence-electron chi connectivity index (χ4n) is 5.12. The van der Waals surface area contributed by atoms with Gasteiger partial charge >= 0.3 is 0 Å². The van der Waals surface area contributed by atoms with Crippen LogP contribution in [0, 0.1) is 11.8 Å². The summed E-state index contributed by atoms with van der Waals surface area (Å²) in [5.41, 5.74) is 4.57. The Morgan fingerprint density at radius 3 is 1.06 bits per heavy atom. The molecule has 2 heterocycles. The molecule has 8 heteroatoms. The van der Waals surface area contributed by atoms with E-state index in [-0.39, 0.29) is 12.6 Å². The predicted octanol–water partition coefficient (Wildman–Crippen LogP) is 8.42. The molecule has 0 radical (unpaired) electrons. The Labute approximate surface area is 290 Å². The van der Waals surface area contributed by atoms with E-state index >= 15 is 0 Å². The second kappa shape index (κ2) is 18.1. The zero-order valence-corrected chi connectivity index (χ0v) is 28.6. The van der Waals surface area contributed by atoms with Crippen LogP contribution < -0.4 is 18.9 Å². The van der Waals surface area contributed by atoms with Crippen LogP contribution in [0.15, 0.2) is 97.1 Å². The van der Waals surface area contributed by atoms with Crippen molar-refractivity contribution < 1.29 is 37.9 Å². The SMILES string of the molecule is CC(COc1ccc(-c2ccc(OCCCCCOc3ccc(-c4ccc(OCC(C)COC5CO5)cc4)cc3)cc2)cc1)COC1CO1. The minimum Gasteiger partial charge on any atom is -0.494 e. The van der Waals surface area contributed by atoms with Gasteiger partial charge in [-0.15, -0.1) is 0 Å². The van der Waals surface area contributed by atoms with Gasteiger partial charge in [0.25, 0.3) is 0 Å². The number of ether oxygens (including phenoxy) is 8. The van der Waals surface area contributed by atoms with Gasteiger partial charge in [-0.25, -0.2) is 0 Å². The van der Waals surface area contributed by atoms with Crippen LogP contribution in [0.4, 0.5) is 0 Å². The lowest BCUT2D eigenvalue weighted by atomic mass is 10.1. The zero-order valence-electron chi connectivity index (χ0n) is 28.6. The van der Waals surface area contributed by atoms with Gasteiger partial charge in [0.2, 0.25) is 0 Å². The quantitative estimate of drug-likeness (QED) is 0.0610. The second-order valence-corrected chi connectivity index (χ2v) is 12.9. The van der Waals surface area contributed by atoms with Crippen LogP contribution in [-0.4, -0.2) is 65.4 Å². The summed E-state index contributed by atoms with van der Waals surface area (Å²) in [4.78, 5) is 0. The minimum absolute atomic E-state index is 0.00740. The molecule has 0 amide bonds. The van der Waals surface area contributed by atoms with Gasteiger partial charge in [-0.2, -0.15) is 0 Å². The molecule has 2 saturated heterocycles. The molecule has 8 nitrogen and oxygen atoms in total. The third-order valence-electron chi connectivity index (χ3n) is 8.22. The lowest BCUT2D eigenvalue weighted by Crippen LogP contribution is -2.15. The summed E-state index contributed by atoms with van der Waals surface area (Å²) in [6.07, 6.45) is 2.98. The van der Waals surface area contributed by atoms with E-state index in [0.29, 0.717) is 64.7 Å². The highest BCUT2D eigenvalue weighted by Gasteiger charge is 2.24. The molecule has 0 spiro atoms. The smallest absolute Gasteiger partial charge is 0.181 e. The van der Waals surface area contributed by atoms with Crippen LogP contribution in [0.25, 0.3) is 22.3 Å². The van der Waals surface area contributed by atoms with E-state index in [9.17, 15) is 0 Å². The number of rotatable bonds is 22. The van der Waals surface area contributed by atoms with Gasteiger partial charge in [0, 0.05) is 11.8 Å². The highest BCUT2D eigenvalue weighted by Crippen LogP contribution is 2.27. The molecule has 4 aromatic carbocycles. The molecule has 0 bridgehead atoms. The standard InChI is InChI=1S/C41H48O8/c1-30(26-46-40-28-48-40)24-44-38-18-10-34(11-19-38)32-6-14-36(15-7-32)42-22-4-3-5-23-43-37-16-8-33(9-17-37)35-12-20-39(21-13-35)45-25-31(2)27-47-41-29-49-41/h6-21,30-31,40-41H,3-5,22-29H2,1-2H3. The summed E-state index contributed by atoms with van der Waals surface area (Å²) in [6, 6.07) is 32.9. The van der Waals surface area contributed by atoms with E-state index in [2.05, 4.69) is 62.4 Å². The molecule has 260 valence electrons. The molecule has 0 saturated carbocycles. The molecule has 6 rings (SSSR count). The molecular weight excluding hydrogens is 620 g/mol. The van der Waals surface area contributed by atoms with Crippen LogP contribution in [-0.2, 0) is 18.9 Å². The van der Waals surface area contributed by atoms with Crippen molar-refractivity contribution in [2.24, 2.45) is 11.8 Å². The molecule has 2 aliphatic heterocycles. The second-order valence-electron chi connectivity index (χ2n) is 12.9. The molecule has 4 aromatic rings. The van der Waals surface area contributed by atoms with Crippen molar-refractivity contribution in [1.82, 2.24) is 0 Å². The van der Waals surface area contributed by atoms with Crippen molar-refractivity contribution >= 4 is 0 Å². The van der Waals surface area contributed by atoms with Gasteiger partial charge in [0.1, 0.15) is 36.2 Å². The summed E-state index contributed by atoms with van der Waals surface area (Å²) in [5, 5.41) is 0. The molecule has 2 aliphatic rings. The van der Waals surface area contributed by atoms with Crippen LogP contribution in [0.1, 0.15) is 33.1 Å². The highest BCUT2D eigenvalue weighted by atomic mass is 16.8. The predicted molar refractivity (Wildman–Crippen MR) is 189 cm³/mol. The van der Waals surface area contributed by atoms with E-state index in [1.54, 1.807) is 0 Å². The third-order valence-corrected chi connectivity index (χ3v) is 8.22. The molecule has 4 atom stereocenters. The average Bonchev–Trinajstić information content (AvgIpc) is 4.08. The van der Waals surface area contributed by atoms with E-state index < -0.39 is 0 Å². The van der Waals surface area contributed by atoms with Gasteiger partial charge in [0.15, 0.2) is 12.6 Å². The molecule has 2 fully saturated rings. The number of hydrogen-bond acceptors (Lipinski definition) is 8. The van der Waals surface area contributed by atoms with Crippen LogP contribution in [0.3, 0.4) is 0 Å². The fourth-order valence-corrected chi connectivity index (χ4v) is 5.12. The van der Waals surface area contributed by atoms with Crippen LogP contribution >= 0.6 is 0 Å². The summed E-state index contributed by atoms with van der Waals surface area (Å²) < 4.78 is 45.1. The molecule has 0 N–H and O–H groups in total. The average molecular weight is 669 g/mol.